The third kappa shape index (κ3) is 4.29. The van der Waals surface area contributed by atoms with Gasteiger partial charge in [-0.05, 0) is 68.9 Å². The first-order valence-electron chi connectivity index (χ1n) is 13.4. The molecule has 0 amide bonds. The quantitative estimate of drug-likeness (QED) is 0.415. The van der Waals surface area contributed by atoms with Crippen molar-refractivity contribution in [3.05, 3.63) is 36.3 Å². The van der Waals surface area contributed by atoms with Crippen molar-refractivity contribution in [2.75, 3.05) is 16.8 Å². The Morgan fingerprint density at radius 3 is 2.41 bits per heavy atom. The van der Waals surface area contributed by atoms with Crippen LogP contribution in [0.1, 0.15) is 70.6 Å². The van der Waals surface area contributed by atoms with Crippen LogP contribution < -0.4 is 15.7 Å². The number of nitrogens with zero attached hydrogens (tertiary/aromatic N) is 2. The zero-order chi connectivity index (χ0) is 23.1. The molecule has 6 atom stereocenters. The van der Waals surface area contributed by atoms with Crippen LogP contribution in [0.25, 0.3) is 0 Å². The van der Waals surface area contributed by atoms with Crippen LogP contribution in [0.5, 0.6) is 0 Å². The molecule has 2 aliphatic carbocycles. The molecule has 2 saturated carbocycles. The molecule has 4 fully saturated rings. The lowest BCUT2D eigenvalue weighted by molar-refractivity contribution is -0.144. The molecule has 3 aliphatic heterocycles. The van der Waals surface area contributed by atoms with Gasteiger partial charge in [0.2, 0.25) is 0 Å². The van der Waals surface area contributed by atoms with Crippen LogP contribution in [0, 0.1) is 11.8 Å². The summed E-state index contributed by atoms with van der Waals surface area (Å²) in [6.45, 7) is -0.372. The van der Waals surface area contributed by atoms with E-state index in [-0.39, 0.29) is 6.61 Å². The number of hydrogen-bond acceptors (Lipinski definition) is 6. The van der Waals surface area contributed by atoms with E-state index in [1.807, 2.05) is 0 Å². The maximum atomic E-state index is 10.8. The first-order valence-corrected chi connectivity index (χ1v) is 13.4. The third-order valence-corrected chi connectivity index (χ3v) is 9.06. The number of rotatable bonds is 6. The number of benzene rings is 1. The van der Waals surface area contributed by atoms with E-state index >= 15 is 0 Å². The van der Waals surface area contributed by atoms with Crippen molar-refractivity contribution in [1.29, 1.82) is 0 Å². The van der Waals surface area contributed by atoms with E-state index in [1.165, 1.54) is 76.3 Å². The van der Waals surface area contributed by atoms with Gasteiger partial charge in [-0.25, -0.2) is 4.79 Å². The van der Waals surface area contributed by atoms with E-state index in [0.717, 1.165) is 29.4 Å². The summed E-state index contributed by atoms with van der Waals surface area (Å²) in [6.07, 6.45) is 16.9. The van der Waals surface area contributed by atoms with E-state index in [9.17, 15) is 4.79 Å². The molecule has 2 saturated heterocycles. The lowest BCUT2D eigenvalue weighted by Crippen LogP contribution is -2.61. The van der Waals surface area contributed by atoms with Gasteiger partial charge in [0.25, 0.3) is 0 Å². The smallest absolute Gasteiger partial charge is 0.332 e. The first kappa shape index (κ1) is 22.2. The summed E-state index contributed by atoms with van der Waals surface area (Å²) in [5.74, 6) is 1.89. The molecule has 4 bridgehead atoms. The minimum Gasteiger partial charge on any atom is -0.479 e. The molecule has 5 aliphatic rings. The van der Waals surface area contributed by atoms with Crippen LogP contribution in [-0.2, 0) is 9.63 Å². The molecule has 1 aromatic carbocycles. The Kier molecular flexibility index (Phi) is 6.16. The van der Waals surface area contributed by atoms with Crippen molar-refractivity contribution in [2.24, 2.45) is 11.8 Å². The Morgan fingerprint density at radius 1 is 0.971 bits per heavy atom. The summed E-state index contributed by atoms with van der Waals surface area (Å²) < 4.78 is 0. The van der Waals surface area contributed by atoms with Crippen LogP contribution in [0.2, 0.25) is 0 Å². The molecule has 0 radical (unpaired) electrons. The van der Waals surface area contributed by atoms with Gasteiger partial charge in [-0.1, -0.05) is 37.8 Å². The summed E-state index contributed by atoms with van der Waals surface area (Å²) in [7, 11) is 0. The fraction of sp³-hybridized carbons (Fsp3) is 0.667. The molecule has 34 heavy (non-hydrogen) atoms. The fourth-order valence-electron chi connectivity index (χ4n) is 7.95. The second-order valence-electron chi connectivity index (χ2n) is 11.2. The number of hydroxylamine groups is 1. The van der Waals surface area contributed by atoms with E-state index in [2.05, 4.69) is 44.9 Å². The number of hydrogen-bond donors (Lipinski definition) is 3. The number of aliphatic carboxylic acids is 1. The van der Waals surface area contributed by atoms with E-state index in [4.69, 9.17) is 9.94 Å². The second kappa shape index (κ2) is 9.42. The van der Waals surface area contributed by atoms with Gasteiger partial charge in [0.05, 0.1) is 17.6 Å². The van der Waals surface area contributed by atoms with E-state index in [0.29, 0.717) is 18.1 Å². The molecule has 1 aromatic rings. The molecule has 0 spiro atoms. The molecule has 6 rings (SSSR count). The van der Waals surface area contributed by atoms with Gasteiger partial charge >= 0.3 is 5.97 Å². The van der Waals surface area contributed by atoms with Crippen molar-refractivity contribution in [2.45, 2.75) is 94.8 Å². The monoisotopic (exact) mass is 466 g/mol. The number of carboxylic acid groups (broad SMARTS) is 1. The van der Waals surface area contributed by atoms with Gasteiger partial charge in [-0.2, -0.15) is 0 Å². The normalized spacial score (nSPS) is 36.1. The largest absolute Gasteiger partial charge is 0.479 e. The SMILES string of the molecule is O=C(O)CONC=C1Nc2ccccc2N1C1C[C@H]2CCC[C@@H](C1)N2C1C[C@H]2CCC[C@@H](C1)C2. The highest BCUT2D eigenvalue weighted by molar-refractivity contribution is 5.81. The first-order chi connectivity index (χ1) is 16.7. The van der Waals surface area contributed by atoms with Crippen molar-refractivity contribution in [1.82, 2.24) is 10.4 Å². The third-order valence-electron chi connectivity index (χ3n) is 9.06. The Labute approximate surface area is 202 Å². The van der Waals surface area contributed by atoms with Crippen molar-refractivity contribution in [3.63, 3.8) is 0 Å². The van der Waals surface area contributed by atoms with Gasteiger partial charge in [0.1, 0.15) is 5.82 Å². The molecule has 184 valence electrons. The second-order valence-corrected chi connectivity index (χ2v) is 11.2. The Balaban J connectivity index is 1.21. The number of anilines is 2. The van der Waals surface area contributed by atoms with Crippen LogP contribution in [0.4, 0.5) is 11.4 Å². The molecule has 3 heterocycles. The number of para-hydroxylation sites is 2. The van der Waals surface area contributed by atoms with Gasteiger partial charge in [-0.15, -0.1) is 0 Å². The minimum absolute atomic E-state index is 0.372. The Hall–Kier alpha value is -2.25. The summed E-state index contributed by atoms with van der Waals surface area (Å²) in [5.41, 5.74) is 5.04. The molecule has 7 heteroatoms. The van der Waals surface area contributed by atoms with Gasteiger partial charge in [0, 0.05) is 24.2 Å². The van der Waals surface area contributed by atoms with Crippen LogP contribution in [0.3, 0.4) is 0 Å². The fourth-order valence-corrected chi connectivity index (χ4v) is 7.95. The Morgan fingerprint density at radius 2 is 1.68 bits per heavy atom. The molecule has 0 aromatic heterocycles. The van der Waals surface area contributed by atoms with Crippen molar-refractivity contribution in [3.8, 4) is 0 Å². The summed E-state index contributed by atoms with van der Waals surface area (Å²) in [5, 5.41) is 12.4. The highest BCUT2D eigenvalue weighted by Crippen LogP contribution is 2.48. The van der Waals surface area contributed by atoms with Gasteiger partial charge < -0.3 is 15.3 Å². The lowest BCUT2D eigenvalue weighted by atomic mass is 9.68. The maximum absolute atomic E-state index is 10.8. The number of nitrogens with one attached hydrogen (secondary N) is 2. The maximum Gasteiger partial charge on any atom is 0.332 e. The predicted molar refractivity (Wildman–Crippen MR) is 132 cm³/mol. The average molecular weight is 467 g/mol. The zero-order valence-electron chi connectivity index (χ0n) is 20.0. The van der Waals surface area contributed by atoms with Crippen LogP contribution >= 0.6 is 0 Å². The summed E-state index contributed by atoms with van der Waals surface area (Å²) in [6, 6.07) is 11.0. The minimum atomic E-state index is -0.988. The Bertz CT molecular complexity index is 910. The van der Waals surface area contributed by atoms with Gasteiger partial charge in [-0.3, -0.25) is 15.2 Å². The molecular formula is C27H38N4O3. The highest BCUT2D eigenvalue weighted by Gasteiger charge is 2.47. The summed E-state index contributed by atoms with van der Waals surface area (Å²) in [4.78, 5) is 21.3. The number of fused-ring (bicyclic) bond motifs is 5. The van der Waals surface area contributed by atoms with Crippen LogP contribution in [-0.4, -0.2) is 46.7 Å². The topological polar surface area (TPSA) is 77.1 Å². The van der Waals surface area contributed by atoms with E-state index in [1.54, 1.807) is 6.20 Å². The lowest BCUT2D eigenvalue weighted by Gasteiger charge is -2.56. The van der Waals surface area contributed by atoms with Crippen molar-refractivity contribution >= 4 is 17.3 Å². The highest BCUT2D eigenvalue weighted by atomic mass is 16.7. The molecule has 3 N–H and O–H groups in total. The molecular weight excluding hydrogens is 428 g/mol. The molecule has 7 nitrogen and oxygen atoms in total. The number of piperidine rings is 2. The van der Waals surface area contributed by atoms with E-state index < -0.39 is 5.97 Å². The van der Waals surface area contributed by atoms with Crippen molar-refractivity contribution < 1.29 is 14.7 Å². The number of carboxylic acids is 1. The zero-order valence-corrected chi connectivity index (χ0v) is 20.0. The summed E-state index contributed by atoms with van der Waals surface area (Å²) >= 11 is 0. The number of carbonyl (C=O) groups is 1. The predicted octanol–water partition coefficient (Wildman–Crippen LogP) is 4.68. The molecule has 2 unspecified atom stereocenters. The van der Waals surface area contributed by atoms with Gasteiger partial charge in [0.15, 0.2) is 6.61 Å². The standard InChI is InChI=1S/C27H38N4O3/c32-27(33)17-34-28-16-26-29-24-9-1-2-10-25(24)31(26)23-14-20-7-4-8-21(15-23)30(20)22-12-18-5-3-6-19(11-18)13-22/h1-2,9-10,16,18-23,28-29H,3-8,11-15,17H2,(H,32,33)/t18-,19+,20-,21+,22?,23?. The van der Waals surface area contributed by atoms with Crippen LogP contribution in [0.15, 0.2) is 36.3 Å². The average Bonchev–Trinajstić information content (AvgIpc) is 3.19.